The van der Waals surface area contributed by atoms with Crippen molar-refractivity contribution in [2.24, 2.45) is 0 Å². The maximum Gasteiger partial charge on any atom is 0.160 e. The lowest BCUT2D eigenvalue weighted by atomic mass is 10.0. The smallest absolute Gasteiger partial charge is 0.160 e. The van der Waals surface area contributed by atoms with Crippen LogP contribution in [0.5, 0.6) is 0 Å². The van der Waals surface area contributed by atoms with Crippen molar-refractivity contribution in [2.75, 3.05) is 0 Å². The van der Waals surface area contributed by atoms with Crippen LogP contribution in [-0.2, 0) is 6.42 Å². The lowest BCUT2D eigenvalue weighted by Gasteiger charge is -2.10. The average molecular weight is 580 g/mol. The third-order valence-corrected chi connectivity index (χ3v) is 7.52. The van der Waals surface area contributed by atoms with Crippen molar-refractivity contribution in [3.05, 3.63) is 188 Å². The molecule has 3 heteroatoms. The van der Waals surface area contributed by atoms with Crippen LogP contribution in [0.15, 0.2) is 171 Å². The molecule has 216 valence electrons. The van der Waals surface area contributed by atoms with Gasteiger partial charge in [0.15, 0.2) is 5.82 Å². The van der Waals surface area contributed by atoms with Crippen LogP contribution in [0.4, 0.5) is 0 Å². The number of allylic oxidation sites excluding steroid dienone is 9. The minimum Gasteiger partial charge on any atom is -0.256 e. The molecule has 4 aromatic carbocycles. The lowest BCUT2D eigenvalue weighted by molar-refractivity contribution is 1.16. The molecule has 0 bridgehead atoms. The first kappa shape index (κ1) is 29.2. The Kier molecular flexibility index (Phi) is 9.09. The zero-order chi connectivity index (χ0) is 30.8. The Hall–Kier alpha value is -5.93. The highest BCUT2D eigenvalue weighted by Crippen LogP contribution is 2.28. The van der Waals surface area contributed by atoms with Gasteiger partial charge in [-0.3, -0.25) is 4.98 Å². The van der Waals surface area contributed by atoms with Gasteiger partial charge < -0.3 is 0 Å². The molecule has 2 heterocycles. The fraction of sp³-hybridized carbons (Fsp3) is 0.0238. The number of benzene rings is 4. The van der Waals surface area contributed by atoms with Crippen LogP contribution in [0.1, 0.15) is 16.8 Å². The number of rotatable bonds is 10. The monoisotopic (exact) mass is 579 g/mol. The molecule has 0 aliphatic rings. The molecule has 0 saturated heterocycles. The van der Waals surface area contributed by atoms with Gasteiger partial charge in [0.2, 0.25) is 0 Å². The Morgan fingerprint density at radius 2 is 1.44 bits per heavy atom. The summed E-state index contributed by atoms with van der Waals surface area (Å²) in [4.78, 5) is 14.7. The van der Waals surface area contributed by atoms with Gasteiger partial charge in [0.25, 0.3) is 0 Å². The van der Waals surface area contributed by atoms with Crippen molar-refractivity contribution in [2.45, 2.75) is 6.42 Å². The molecule has 0 unspecified atom stereocenters. The molecule has 45 heavy (non-hydrogen) atoms. The SMILES string of the molecule is C=C/C=C\C=C\c1ccc(-c2cc(/C(C=C)=C/C=C\Cc3cnc4ccccc4c3)nc(-c3ccc4ccccc4c3)n2)cc1. The zero-order valence-corrected chi connectivity index (χ0v) is 25.1. The van der Waals surface area contributed by atoms with Crippen LogP contribution < -0.4 is 0 Å². The highest BCUT2D eigenvalue weighted by Gasteiger charge is 2.11. The third-order valence-electron chi connectivity index (χ3n) is 7.52. The van der Waals surface area contributed by atoms with E-state index in [-0.39, 0.29) is 0 Å². The second-order valence-electron chi connectivity index (χ2n) is 10.6. The van der Waals surface area contributed by atoms with Crippen LogP contribution in [-0.4, -0.2) is 15.0 Å². The molecular weight excluding hydrogens is 546 g/mol. The van der Waals surface area contributed by atoms with Gasteiger partial charge in [-0.2, -0.15) is 0 Å². The Morgan fingerprint density at radius 3 is 2.27 bits per heavy atom. The van der Waals surface area contributed by atoms with Crippen molar-refractivity contribution < 1.29 is 0 Å². The van der Waals surface area contributed by atoms with Crippen molar-refractivity contribution in [3.8, 4) is 22.6 Å². The van der Waals surface area contributed by atoms with E-state index in [1.54, 1.807) is 6.08 Å². The van der Waals surface area contributed by atoms with Crippen LogP contribution >= 0.6 is 0 Å². The molecule has 0 aliphatic heterocycles. The second-order valence-corrected chi connectivity index (χ2v) is 10.6. The van der Waals surface area contributed by atoms with Gasteiger partial charge in [0, 0.05) is 22.7 Å². The van der Waals surface area contributed by atoms with Crippen LogP contribution in [0, 0.1) is 0 Å². The first-order valence-electron chi connectivity index (χ1n) is 15.0. The van der Waals surface area contributed by atoms with E-state index in [1.165, 1.54) is 5.39 Å². The number of pyridine rings is 1. The Balaban J connectivity index is 1.34. The molecule has 3 nitrogen and oxygen atoms in total. The number of nitrogens with zero attached hydrogens (tertiary/aromatic N) is 3. The summed E-state index contributed by atoms with van der Waals surface area (Å²) in [6.45, 7) is 7.83. The Morgan fingerprint density at radius 1 is 0.667 bits per heavy atom. The predicted octanol–water partition coefficient (Wildman–Crippen LogP) is 10.6. The summed E-state index contributed by atoms with van der Waals surface area (Å²) in [5.41, 5.74) is 7.84. The molecule has 0 spiro atoms. The van der Waals surface area contributed by atoms with Crippen molar-refractivity contribution in [3.63, 3.8) is 0 Å². The van der Waals surface area contributed by atoms with Gasteiger partial charge in [-0.1, -0.05) is 147 Å². The van der Waals surface area contributed by atoms with E-state index in [9.17, 15) is 0 Å². The van der Waals surface area contributed by atoms with E-state index >= 15 is 0 Å². The van der Waals surface area contributed by atoms with Crippen molar-refractivity contribution in [1.29, 1.82) is 0 Å². The molecule has 2 aromatic heterocycles. The van der Waals surface area contributed by atoms with E-state index in [2.05, 4.69) is 121 Å². The largest absolute Gasteiger partial charge is 0.256 e. The Bertz CT molecular complexity index is 2110. The highest BCUT2D eigenvalue weighted by atomic mass is 14.9. The van der Waals surface area contributed by atoms with Gasteiger partial charge >= 0.3 is 0 Å². The van der Waals surface area contributed by atoms with Crippen LogP contribution in [0.3, 0.4) is 0 Å². The molecule has 0 amide bonds. The second kappa shape index (κ2) is 14.0. The molecule has 0 aliphatic carbocycles. The first-order valence-corrected chi connectivity index (χ1v) is 15.0. The fourth-order valence-electron chi connectivity index (χ4n) is 5.14. The average Bonchev–Trinajstić information content (AvgIpc) is 3.10. The summed E-state index contributed by atoms with van der Waals surface area (Å²) >= 11 is 0. The summed E-state index contributed by atoms with van der Waals surface area (Å²) in [7, 11) is 0. The third kappa shape index (κ3) is 7.18. The summed E-state index contributed by atoms with van der Waals surface area (Å²) in [6, 6.07) is 35.5. The molecule has 0 N–H and O–H groups in total. The highest BCUT2D eigenvalue weighted by molar-refractivity contribution is 5.87. The quantitative estimate of drug-likeness (QED) is 0.152. The lowest BCUT2D eigenvalue weighted by Crippen LogP contribution is -1.98. The van der Waals surface area contributed by atoms with E-state index < -0.39 is 0 Å². The van der Waals surface area contributed by atoms with Gasteiger partial charge in [0.05, 0.1) is 16.9 Å². The number of aromatic nitrogens is 3. The Labute approximate surface area is 264 Å². The summed E-state index contributed by atoms with van der Waals surface area (Å²) in [5.74, 6) is 0.672. The van der Waals surface area contributed by atoms with Gasteiger partial charge in [0.1, 0.15) is 0 Å². The van der Waals surface area contributed by atoms with E-state index in [4.69, 9.17) is 9.97 Å². The van der Waals surface area contributed by atoms with Crippen LogP contribution in [0.2, 0.25) is 0 Å². The molecule has 0 atom stereocenters. The van der Waals surface area contributed by atoms with Gasteiger partial charge in [-0.05, 0) is 58.2 Å². The fourth-order valence-corrected chi connectivity index (χ4v) is 5.14. The zero-order valence-electron chi connectivity index (χ0n) is 25.1. The number of hydrogen-bond acceptors (Lipinski definition) is 3. The normalized spacial score (nSPS) is 12.1. The summed E-state index contributed by atoms with van der Waals surface area (Å²) < 4.78 is 0. The van der Waals surface area contributed by atoms with Crippen molar-refractivity contribution in [1.82, 2.24) is 15.0 Å². The van der Waals surface area contributed by atoms with E-state index in [0.717, 1.165) is 61.9 Å². The predicted molar refractivity (Wildman–Crippen MR) is 192 cm³/mol. The molecule has 0 saturated carbocycles. The topological polar surface area (TPSA) is 38.7 Å². The van der Waals surface area contributed by atoms with E-state index in [0.29, 0.717) is 5.82 Å². The molecule has 0 radical (unpaired) electrons. The summed E-state index contributed by atoms with van der Waals surface area (Å²) in [6.07, 6.45) is 20.5. The summed E-state index contributed by atoms with van der Waals surface area (Å²) in [5, 5.41) is 3.48. The molecule has 0 fully saturated rings. The standard InChI is InChI=1S/C42H33N3/c1-3-5-6-7-14-31-21-23-35(24-22-31)41-29-40(44-42(45-41)38-26-25-34-17-10-11-18-36(34)28-38)33(4-2)16-9-8-15-32-27-37-19-12-13-20-39(37)43-30-32/h3-14,16-30H,1-2,15H2/b6-5-,9-8-,14-7+,33-16+. The maximum absolute atomic E-state index is 5.04. The van der Waals surface area contributed by atoms with Crippen LogP contribution in [0.25, 0.3) is 56.0 Å². The molecule has 6 aromatic rings. The number of fused-ring (bicyclic) bond motifs is 2. The first-order chi connectivity index (χ1) is 22.2. The minimum absolute atomic E-state index is 0.672. The van der Waals surface area contributed by atoms with Gasteiger partial charge in [-0.15, -0.1) is 0 Å². The van der Waals surface area contributed by atoms with Gasteiger partial charge in [-0.25, -0.2) is 9.97 Å². The number of hydrogen-bond donors (Lipinski definition) is 0. The minimum atomic E-state index is 0.672. The molecular formula is C42H33N3. The molecule has 6 rings (SSSR count). The van der Waals surface area contributed by atoms with E-state index in [1.807, 2.05) is 54.8 Å². The maximum atomic E-state index is 5.04. The number of para-hydroxylation sites is 1. The van der Waals surface area contributed by atoms with Crippen molar-refractivity contribution >= 4 is 33.3 Å².